The highest BCUT2D eigenvalue weighted by atomic mass is 35.5. The number of rotatable bonds is 7. The Morgan fingerprint density at radius 2 is 1.47 bits per heavy atom. The fraction of sp³-hybridized carbons (Fsp3) is 0.280. The summed E-state index contributed by atoms with van der Waals surface area (Å²) in [5.41, 5.74) is 1.37. The number of aromatic hydroxyl groups is 1. The van der Waals surface area contributed by atoms with E-state index in [9.17, 15) is 39.2 Å². The van der Waals surface area contributed by atoms with Gasteiger partial charge in [0, 0.05) is 5.92 Å². The molecular weight excluding hydrogens is 563 g/mol. The van der Waals surface area contributed by atoms with Gasteiger partial charge >= 0.3 is 0 Å². The second-order valence-electron chi connectivity index (χ2n) is 8.71. The molecule has 3 aromatic rings. The zero-order valence-corrected chi connectivity index (χ0v) is 21.8. The summed E-state index contributed by atoms with van der Waals surface area (Å²) in [7, 11) is -4.12. The topological polar surface area (TPSA) is 180 Å². The molecule has 0 saturated carbocycles. The van der Waals surface area contributed by atoms with Crippen LogP contribution in [-0.4, -0.2) is 76.5 Å². The molecule has 0 spiro atoms. The van der Waals surface area contributed by atoms with Gasteiger partial charge in [0.05, 0.1) is 21.5 Å². The average Bonchev–Trinajstić information content (AvgIpc) is 2.87. The molecule has 3 aromatic carbocycles. The quantitative estimate of drug-likeness (QED) is 0.190. The molecule has 1 heterocycles. The lowest BCUT2D eigenvalue weighted by molar-refractivity contribution is -0.277. The minimum absolute atomic E-state index is 0.0435. The summed E-state index contributed by atoms with van der Waals surface area (Å²) in [5.74, 6) is -0.862. The van der Waals surface area contributed by atoms with Gasteiger partial charge in [-0.05, 0) is 47.0 Å². The van der Waals surface area contributed by atoms with Crippen LogP contribution in [0.5, 0.6) is 11.5 Å². The van der Waals surface area contributed by atoms with Crippen LogP contribution in [0.2, 0.25) is 10.0 Å². The van der Waals surface area contributed by atoms with Crippen molar-refractivity contribution in [2.75, 3.05) is 6.61 Å². The highest BCUT2D eigenvalue weighted by Gasteiger charge is 2.45. The molecule has 0 amide bonds. The van der Waals surface area contributed by atoms with Crippen LogP contribution >= 0.6 is 34.1 Å². The monoisotopic (exact) mass is 588 g/mol. The Kier molecular flexibility index (Phi) is 8.77. The number of phenolic OH excluding ortho intramolecular Hbond substituents is 1. The Morgan fingerprint density at radius 1 is 0.842 bits per heavy atom. The van der Waals surface area contributed by atoms with Gasteiger partial charge in [-0.1, -0.05) is 53.5 Å². The van der Waals surface area contributed by atoms with Crippen molar-refractivity contribution >= 4 is 34.1 Å². The summed E-state index contributed by atoms with van der Waals surface area (Å²) in [4.78, 5) is -0.119. The molecule has 1 aliphatic rings. The van der Waals surface area contributed by atoms with E-state index in [1.165, 1.54) is 36.4 Å². The molecule has 0 aromatic heterocycles. The first-order valence-corrected chi connectivity index (χ1v) is 13.5. The normalized spacial score (nSPS) is 25.1. The van der Waals surface area contributed by atoms with Gasteiger partial charge in [0.1, 0.15) is 46.8 Å². The first-order valence-electron chi connectivity index (χ1n) is 11.3. The molecule has 38 heavy (non-hydrogen) atoms. The number of benzene rings is 3. The highest BCUT2D eigenvalue weighted by Crippen LogP contribution is 2.50. The molecule has 13 heteroatoms. The van der Waals surface area contributed by atoms with E-state index in [2.05, 4.69) is 0 Å². The van der Waals surface area contributed by atoms with Crippen LogP contribution in [-0.2, 0) is 4.74 Å². The van der Waals surface area contributed by atoms with Crippen LogP contribution < -0.4 is 4.74 Å². The SMILES string of the molecule is OC[C@H]1O[C@@H](Oc2ccc([C@@H](c3ccc(O)c(Cl)c3)c3ccccc3S(O)(O)O)cc2Cl)[C@H](O)[C@@H](O)[C@H]1O. The number of ether oxygens (including phenoxy) is 2. The summed E-state index contributed by atoms with van der Waals surface area (Å²) in [5, 5.41) is 49.7. The second kappa shape index (κ2) is 11.5. The van der Waals surface area contributed by atoms with Gasteiger partial charge in [0.25, 0.3) is 0 Å². The Morgan fingerprint density at radius 3 is 2.08 bits per heavy atom. The summed E-state index contributed by atoms with van der Waals surface area (Å²) >= 11 is 12.7. The van der Waals surface area contributed by atoms with Crippen LogP contribution in [0.1, 0.15) is 22.6 Å². The summed E-state index contributed by atoms with van der Waals surface area (Å²) < 4.78 is 41.3. The van der Waals surface area contributed by atoms with Crippen molar-refractivity contribution in [3.05, 3.63) is 87.4 Å². The Balaban J connectivity index is 1.75. The molecule has 0 bridgehead atoms. The molecule has 1 fully saturated rings. The van der Waals surface area contributed by atoms with Gasteiger partial charge in [-0.15, -0.1) is 0 Å². The van der Waals surface area contributed by atoms with E-state index < -0.39 is 54.1 Å². The van der Waals surface area contributed by atoms with Crippen LogP contribution in [0, 0.1) is 0 Å². The number of halogens is 2. The van der Waals surface area contributed by atoms with E-state index in [1.807, 2.05) is 0 Å². The van der Waals surface area contributed by atoms with E-state index in [1.54, 1.807) is 24.3 Å². The van der Waals surface area contributed by atoms with E-state index in [0.29, 0.717) is 16.7 Å². The Hall–Kier alpha value is -2.13. The first kappa shape index (κ1) is 28.9. The van der Waals surface area contributed by atoms with Gasteiger partial charge in [0.2, 0.25) is 6.29 Å². The number of hydrogen-bond donors (Lipinski definition) is 8. The van der Waals surface area contributed by atoms with Crippen LogP contribution in [0.25, 0.3) is 0 Å². The van der Waals surface area contributed by atoms with Gasteiger partial charge < -0.3 is 48.7 Å². The molecule has 10 nitrogen and oxygen atoms in total. The zero-order chi connectivity index (χ0) is 27.8. The van der Waals surface area contributed by atoms with Crippen molar-refractivity contribution in [3.63, 3.8) is 0 Å². The molecule has 6 atom stereocenters. The second-order valence-corrected chi connectivity index (χ2v) is 11.0. The minimum atomic E-state index is -4.12. The molecule has 0 aliphatic carbocycles. The van der Waals surface area contributed by atoms with E-state index in [4.69, 9.17) is 32.7 Å². The van der Waals surface area contributed by atoms with Crippen LogP contribution in [0.4, 0.5) is 0 Å². The van der Waals surface area contributed by atoms with Crippen molar-refractivity contribution < 1.29 is 48.7 Å². The van der Waals surface area contributed by atoms with Gasteiger partial charge in [0.15, 0.2) is 0 Å². The fourth-order valence-corrected chi connectivity index (χ4v) is 5.49. The van der Waals surface area contributed by atoms with Crippen molar-refractivity contribution in [2.45, 2.75) is 41.5 Å². The lowest BCUT2D eigenvalue weighted by atomic mass is 9.85. The smallest absolute Gasteiger partial charge is 0.229 e. The third-order valence-corrected chi connectivity index (χ3v) is 7.77. The van der Waals surface area contributed by atoms with Gasteiger partial charge in [-0.2, -0.15) is 0 Å². The molecule has 206 valence electrons. The molecule has 8 N–H and O–H groups in total. The van der Waals surface area contributed by atoms with Crippen molar-refractivity contribution in [3.8, 4) is 11.5 Å². The molecule has 1 aliphatic heterocycles. The third-order valence-electron chi connectivity index (χ3n) is 6.21. The highest BCUT2D eigenvalue weighted by molar-refractivity contribution is 8.19. The first-order chi connectivity index (χ1) is 17.9. The predicted molar refractivity (Wildman–Crippen MR) is 140 cm³/mol. The maximum absolute atomic E-state index is 10.3. The number of aliphatic hydroxyl groups excluding tert-OH is 4. The standard InChI is InChI=1S/C25H26Cl2O10S/c26-15-9-12(5-7-17(15)29)21(14-3-1-2-4-20(14)38(33,34)35)13-6-8-18(16(27)10-13)36-25-24(32)23(31)22(30)19(11-28)37-25/h1-10,19,21-25,28-35H,11H2/t19-,21-,22+,23+,24-,25-/m1/s1. The fourth-order valence-electron chi connectivity index (χ4n) is 4.30. The maximum atomic E-state index is 10.3. The van der Waals surface area contributed by atoms with Crippen LogP contribution in [0.3, 0.4) is 0 Å². The lowest BCUT2D eigenvalue weighted by Gasteiger charge is -2.39. The van der Waals surface area contributed by atoms with E-state index >= 15 is 0 Å². The van der Waals surface area contributed by atoms with E-state index in [0.717, 1.165) is 0 Å². The Bertz CT molecular complexity index is 1290. The molecule has 4 rings (SSSR count). The summed E-state index contributed by atoms with van der Waals surface area (Å²) in [6, 6.07) is 15.2. The predicted octanol–water partition coefficient (Wildman–Crippen LogP) is 3.64. The van der Waals surface area contributed by atoms with Gasteiger partial charge in [-0.3, -0.25) is 0 Å². The van der Waals surface area contributed by atoms with Gasteiger partial charge in [-0.25, -0.2) is 0 Å². The number of aliphatic hydroxyl groups is 4. The van der Waals surface area contributed by atoms with E-state index in [-0.39, 0.29) is 26.4 Å². The largest absolute Gasteiger partial charge is 0.506 e. The number of phenols is 1. The van der Waals surface area contributed by atoms with Crippen molar-refractivity contribution in [1.82, 2.24) is 0 Å². The zero-order valence-electron chi connectivity index (χ0n) is 19.5. The van der Waals surface area contributed by atoms with Crippen LogP contribution in [0.15, 0.2) is 65.6 Å². The summed E-state index contributed by atoms with van der Waals surface area (Å²) in [6.07, 6.45) is -7.46. The maximum Gasteiger partial charge on any atom is 0.229 e. The molecule has 1 saturated heterocycles. The lowest BCUT2D eigenvalue weighted by Crippen LogP contribution is -2.60. The third kappa shape index (κ3) is 5.88. The summed E-state index contributed by atoms with van der Waals surface area (Å²) in [6.45, 7) is -0.627. The molecule has 0 unspecified atom stereocenters. The Labute approximate surface area is 229 Å². The molecule has 0 radical (unpaired) electrons. The number of hydrogen-bond acceptors (Lipinski definition) is 10. The molecular formula is C25H26Cl2O10S. The van der Waals surface area contributed by atoms with Crippen molar-refractivity contribution in [1.29, 1.82) is 0 Å². The van der Waals surface area contributed by atoms with Crippen molar-refractivity contribution in [2.24, 2.45) is 0 Å². The minimum Gasteiger partial charge on any atom is -0.506 e. The average molecular weight is 589 g/mol.